The average molecular weight is 246 g/mol. The lowest BCUT2D eigenvalue weighted by Crippen LogP contribution is -2.35. The van der Waals surface area contributed by atoms with Crippen LogP contribution in [0.15, 0.2) is 18.2 Å². The summed E-state index contributed by atoms with van der Waals surface area (Å²) in [4.78, 5) is 0. The third-order valence-corrected chi connectivity index (χ3v) is 4.28. The monoisotopic (exact) mass is 245 g/mol. The molecule has 1 heterocycles. The van der Waals surface area contributed by atoms with E-state index in [0.717, 1.165) is 11.3 Å². The molecule has 0 saturated carbocycles. The topological polar surface area (TPSA) is 12.0 Å². The third-order valence-electron chi connectivity index (χ3n) is 2.38. The van der Waals surface area contributed by atoms with Gasteiger partial charge in [0.25, 0.3) is 0 Å². The molecule has 1 atom stereocenters. The number of rotatable bonds is 1. The minimum absolute atomic E-state index is 0.135. The highest BCUT2D eigenvalue weighted by molar-refractivity contribution is 7.99. The van der Waals surface area contributed by atoms with Crippen LogP contribution in [0.25, 0.3) is 0 Å². The van der Waals surface area contributed by atoms with E-state index in [4.69, 9.17) is 11.6 Å². The molecule has 0 amide bonds. The second-order valence-corrected chi connectivity index (χ2v) is 5.89. The van der Waals surface area contributed by atoms with E-state index in [1.54, 1.807) is 12.1 Å². The molecule has 2 rings (SSSR count). The van der Waals surface area contributed by atoms with Gasteiger partial charge in [-0.3, -0.25) is 5.32 Å². The molecule has 15 heavy (non-hydrogen) atoms. The predicted molar refractivity (Wildman–Crippen MR) is 63.8 cm³/mol. The highest BCUT2D eigenvalue weighted by atomic mass is 35.5. The zero-order chi connectivity index (χ0) is 11.1. The van der Waals surface area contributed by atoms with Gasteiger partial charge in [-0.15, -0.1) is 11.8 Å². The van der Waals surface area contributed by atoms with Crippen molar-refractivity contribution in [1.29, 1.82) is 0 Å². The maximum absolute atomic E-state index is 13.0. The molecule has 1 nitrogen and oxygen atoms in total. The normalized spacial score (nSPS) is 24.4. The molecule has 1 fully saturated rings. The largest absolute Gasteiger partial charge is 0.296 e. The molecule has 0 bridgehead atoms. The molecule has 0 radical (unpaired) electrons. The highest BCUT2D eigenvalue weighted by Crippen LogP contribution is 2.38. The number of halogens is 2. The molecule has 1 aromatic carbocycles. The average Bonchev–Trinajstić information content (AvgIpc) is 2.51. The van der Waals surface area contributed by atoms with Crippen LogP contribution in [-0.4, -0.2) is 11.3 Å². The molecule has 0 aliphatic carbocycles. The van der Waals surface area contributed by atoms with Crippen LogP contribution in [0.4, 0.5) is 4.39 Å². The predicted octanol–water partition coefficient (Wildman–Crippen LogP) is 3.59. The Labute approximate surface area is 98.4 Å². The Morgan fingerprint density at radius 3 is 2.80 bits per heavy atom. The van der Waals surface area contributed by atoms with Crippen molar-refractivity contribution < 1.29 is 4.39 Å². The van der Waals surface area contributed by atoms with Gasteiger partial charge in [0.15, 0.2) is 0 Å². The van der Waals surface area contributed by atoms with Gasteiger partial charge in [0.05, 0.1) is 10.4 Å². The van der Waals surface area contributed by atoms with E-state index in [-0.39, 0.29) is 21.8 Å². The molecule has 1 aromatic rings. The van der Waals surface area contributed by atoms with Crippen molar-refractivity contribution in [3.8, 4) is 0 Å². The first-order valence-electron chi connectivity index (χ1n) is 4.82. The number of hydrogen-bond acceptors (Lipinski definition) is 2. The van der Waals surface area contributed by atoms with Crippen molar-refractivity contribution >= 4 is 23.4 Å². The van der Waals surface area contributed by atoms with Gasteiger partial charge >= 0.3 is 0 Å². The Hall–Kier alpha value is -0.250. The fraction of sp³-hybridized carbons (Fsp3) is 0.455. The molecule has 0 spiro atoms. The van der Waals surface area contributed by atoms with E-state index in [9.17, 15) is 4.39 Å². The summed E-state index contributed by atoms with van der Waals surface area (Å²) in [6, 6.07) is 4.90. The Kier molecular flexibility index (Phi) is 2.97. The lowest BCUT2D eigenvalue weighted by molar-refractivity contribution is 0.452. The Balaban J connectivity index is 2.21. The maximum Gasteiger partial charge on any atom is 0.141 e. The van der Waals surface area contributed by atoms with Crippen LogP contribution in [0, 0.1) is 5.82 Å². The molecule has 0 aromatic heterocycles. The fourth-order valence-corrected chi connectivity index (χ4v) is 3.18. The van der Waals surface area contributed by atoms with Crippen LogP contribution in [0.3, 0.4) is 0 Å². The summed E-state index contributed by atoms with van der Waals surface area (Å²) in [6.45, 7) is 4.32. The van der Waals surface area contributed by atoms with E-state index < -0.39 is 0 Å². The molecule has 1 unspecified atom stereocenters. The number of nitrogens with one attached hydrogen (secondary N) is 1. The summed E-state index contributed by atoms with van der Waals surface area (Å²) in [5.41, 5.74) is 1.17. The fourth-order valence-electron chi connectivity index (χ4n) is 1.58. The summed E-state index contributed by atoms with van der Waals surface area (Å²) >= 11 is 7.58. The molecule has 4 heteroatoms. The Morgan fingerprint density at radius 2 is 2.27 bits per heavy atom. The quantitative estimate of drug-likeness (QED) is 0.812. The van der Waals surface area contributed by atoms with Crippen molar-refractivity contribution in [3.05, 3.63) is 34.6 Å². The summed E-state index contributed by atoms with van der Waals surface area (Å²) in [5.74, 6) is 0.690. The highest BCUT2D eigenvalue weighted by Gasteiger charge is 2.31. The van der Waals surface area contributed by atoms with Gasteiger partial charge in [0, 0.05) is 11.3 Å². The third kappa shape index (κ3) is 2.47. The lowest BCUT2D eigenvalue weighted by atomic mass is 10.1. The van der Waals surface area contributed by atoms with Gasteiger partial charge in [-0.25, -0.2) is 4.39 Å². The molecular weight excluding hydrogens is 233 g/mol. The van der Waals surface area contributed by atoms with Crippen LogP contribution < -0.4 is 5.32 Å². The lowest BCUT2D eigenvalue weighted by Gasteiger charge is -2.19. The molecule has 1 aliphatic rings. The van der Waals surface area contributed by atoms with Crippen molar-refractivity contribution in [2.75, 3.05) is 5.75 Å². The molecule has 1 aliphatic heterocycles. The summed E-state index contributed by atoms with van der Waals surface area (Å²) in [5, 5.41) is 3.89. The Morgan fingerprint density at radius 1 is 1.53 bits per heavy atom. The summed E-state index contributed by atoms with van der Waals surface area (Å²) in [6.07, 6.45) is 0. The molecule has 1 saturated heterocycles. The van der Waals surface area contributed by atoms with Crippen molar-refractivity contribution in [3.63, 3.8) is 0 Å². The number of thioether (sulfide) groups is 1. The van der Waals surface area contributed by atoms with Crippen LogP contribution in [0.1, 0.15) is 24.8 Å². The SMILES string of the molecule is CC1(C)CSC(c2ccc(F)c(Cl)c2)N1. The maximum atomic E-state index is 13.0. The number of benzene rings is 1. The summed E-state index contributed by atoms with van der Waals surface area (Å²) < 4.78 is 13.0. The van der Waals surface area contributed by atoms with Gasteiger partial charge in [-0.1, -0.05) is 17.7 Å². The molecular formula is C11H13ClFNS. The van der Waals surface area contributed by atoms with Gasteiger partial charge in [-0.05, 0) is 31.5 Å². The smallest absolute Gasteiger partial charge is 0.141 e. The first kappa shape index (κ1) is 11.2. The van der Waals surface area contributed by atoms with Crippen molar-refractivity contribution in [2.24, 2.45) is 0 Å². The van der Waals surface area contributed by atoms with E-state index in [1.807, 2.05) is 11.8 Å². The first-order chi connectivity index (χ1) is 6.98. The minimum atomic E-state index is -0.359. The first-order valence-corrected chi connectivity index (χ1v) is 6.25. The van der Waals surface area contributed by atoms with Gasteiger partial charge in [0.1, 0.15) is 5.82 Å². The van der Waals surface area contributed by atoms with Crippen molar-refractivity contribution in [2.45, 2.75) is 24.8 Å². The van der Waals surface area contributed by atoms with E-state index in [1.165, 1.54) is 6.07 Å². The van der Waals surface area contributed by atoms with Crippen LogP contribution in [0.2, 0.25) is 5.02 Å². The second kappa shape index (κ2) is 3.96. The minimum Gasteiger partial charge on any atom is -0.296 e. The van der Waals surface area contributed by atoms with Crippen LogP contribution >= 0.6 is 23.4 Å². The zero-order valence-electron chi connectivity index (χ0n) is 8.68. The number of hydrogen-bond donors (Lipinski definition) is 1. The standard InChI is InChI=1S/C11H13ClFNS/c1-11(2)6-15-10(14-11)7-3-4-9(13)8(12)5-7/h3-5,10,14H,6H2,1-2H3. The van der Waals surface area contributed by atoms with Gasteiger partial charge in [0.2, 0.25) is 0 Å². The summed E-state index contributed by atoms with van der Waals surface area (Å²) in [7, 11) is 0. The van der Waals surface area contributed by atoms with Gasteiger partial charge < -0.3 is 0 Å². The van der Waals surface area contributed by atoms with Gasteiger partial charge in [-0.2, -0.15) is 0 Å². The van der Waals surface area contributed by atoms with Crippen LogP contribution in [0.5, 0.6) is 0 Å². The molecule has 82 valence electrons. The van der Waals surface area contributed by atoms with Crippen LogP contribution in [-0.2, 0) is 0 Å². The van der Waals surface area contributed by atoms with E-state index >= 15 is 0 Å². The molecule has 1 N–H and O–H groups in total. The van der Waals surface area contributed by atoms with Crippen molar-refractivity contribution in [1.82, 2.24) is 5.32 Å². The van der Waals surface area contributed by atoms with E-state index in [0.29, 0.717) is 0 Å². The Bertz CT molecular complexity index is 381. The zero-order valence-corrected chi connectivity index (χ0v) is 10.3. The van der Waals surface area contributed by atoms with E-state index in [2.05, 4.69) is 19.2 Å². The second-order valence-electron chi connectivity index (χ2n) is 4.39.